The van der Waals surface area contributed by atoms with E-state index in [2.05, 4.69) is 0 Å². The van der Waals surface area contributed by atoms with Crippen LogP contribution in [0.1, 0.15) is 53.9 Å². The summed E-state index contributed by atoms with van der Waals surface area (Å²) in [5, 5.41) is 39.9. The van der Waals surface area contributed by atoms with Crippen LogP contribution >= 0.6 is 0 Å². The standard InChI is InChI=1S/C22H34O6/c1-6-14(2)20(25)15(3)11-9-7-8-10-12-18(24)13-19-16(4)21(26)22(27,28-19)17(5)23/h6-9,11,15,17-18,20,23-25,27H,10,12-13H2,1-5H3/b8-7+,11-9+,14-6+. The molecule has 1 aliphatic rings. The van der Waals surface area contributed by atoms with Crippen LogP contribution in [0.3, 0.4) is 0 Å². The van der Waals surface area contributed by atoms with Gasteiger partial charge in [-0.25, -0.2) is 0 Å². The van der Waals surface area contributed by atoms with Crippen molar-refractivity contribution >= 4 is 5.78 Å². The van der Waals surface area contributed by atoms with Gasteiger partial charge in [0.1, 0.15) is 11.9 Å². The van der Waals surface area contributed by atoms with E-state index in [0.29, 0.717) is 12.8 Å². The molecule has 1 aliphatic heterocycles. The van der Waals surface area contributed by atoms with Gasteiger partial charge in [0, 0.05) is 17.9 Å². The van der Waals surface area contributed by atoms with E-state index in [1.54, 1.807) is 0 Å². The molecule has 0 saturated carbocycles. The molecule has 5 unspecified atom stereocenters. The highest BCUT2D eigenvalue weighted by Gasteiger charge is 2.50. The molecule has 0 radical (unpaired) electrons. The monoisotopic (exact) mass is 394 g/mol. The highest BCUT2D eigenvalue weighted by atomic mass is 16.6. The van der Waals surface area contributed by atoms with Gasteiger partial charge in [-0.1, -0.05) is 37.3 Å². The largest absolute Gasteiger partial charge is 0.456 e. The van der Waals surface area contributed by atoms with Crippen LogP contribution in [-0.2, 0) is 9.53 Å². The minimum atomic E-state index is -2.25. The summed E-state index contributed by atoms with van der Waals surface area (Å²) in [6.07, 6.45) is 8.06. The number of aliphatic hydroxyl groups excluding tert-OH is 3. The molecule has 0 aromatic carbocycles. The second kappa shape index (κ2) is 10.7. The molecule has 0 fully saturated rings. The van der Waals surface area contributed by atoms with Crippen LogP contribution in [0.15, 0.2) is 47.3 Å². The third-order valence-electron chi connectivity index (χ3n) is 5.10. The van der Waals surface area contributed by atoms with Gasteiger partial charge < -0.3 is 25.2 Å². The molecule has 5 atom stereocenters. The first-order valence-corrected chi connectivity index (χ1v) is 9.70. The second-order valence-electron chi connectivity index (χ2n) is 7.44. The molecule has 158 valence electrons. The normalized spacial score (nSPS) is 25.5. The minimum Gasteiger partial charge on any atom is -0.456 e. The highest BCUT2D eigenvalue weighted by Crippen LogP contribution is 2.33. The minimum absolute atomic E-state index is 0.00562. The van der Waals surface area contributed by atoms with Crippen LogP contribution in [0.2, 0.25) is 0 Å². The predicted octanol–water partition coefficient (Wildman–Crippen LogP) is 2.54. The van der Waals surface area contributed by atoms with Crippen molar-refractivity contribution in [3.63, 3.8) is 0 Å². The Hall–Kier alpha value is -1.73. The van der Waals surface area contributed by atoms with Crippen LogP contribution in [-0.4, -0.2) is 50.3 Å². The number of ketones is 1. The fraction of sp³-hybridized carbons (Fsp3) is 0.591. The lowest BCUT2D eigenvalue weighted by molar-refractivity contribution is -0.213. The van der Waals surface area contributed by atoms with E-state index in [-0.39, 0.29) is 23.7 Å². The van der Waals surface area contributed by atoms with Gasteiger partial charge in [0.05, 0.1) is 12.2 Å². The number of carbonyl (C=O) groups is 1. The Morgan fingerprint density at radius 2 is 1.86 bits per heavy atom. The van der Waals surface area contributed by atoms with Crippen LogP contribution in [0.5, 0.6) is 0 Å². The van der Waals surface area contributed by atoms with Crippen LogP contribution < -0.4 is 0 Å². The number of ether oxygens (including phenoxy) is 1. The first kappa shape index (κ1) is 24.3. The Bertz CT molecular complexity index is 658. The summed E-state index contributed by atoms with van der Waals surface area (Å²) in [5.74, 6) is -2.70. The number of carbonyl (C=O) groups excluding carboxylic acids is 1. The van der Waals surface area contributed by atoms with Crippen molar-refractivity contribution in [2.75, 3.05) is 0 Å². The fourth-order valence-electron chi connectivity index (χ4n) is 2.89. The first-order valence-electron chi connectivity index (χ1n) is 9.70. The number of rotatable bonds is 10. The zero-order valence-corrected chi connectivity index (χ0v) is 17.4. The summed E-state index contributed by atoms with van der Waals surface area (Å²) in [6.45, 7) is 8.53. The van der Waals surface area contributed by atoms with Crippen LogP contribution in [0, 0.1) is 5.92 Å². The van der Waals surface area contributed by atoms with Gasteiger partial charge in [-0.05, 0) is 46.1 Å². The smallest absolute Gasteiger partial charge is 0.298 e. The average Bonchev–Trinajstić information content (AvgIpc) is 2.87. The quantitative estimate of drug-likeness (QED) is 0.335. The Kier molecular flexibility index (Phi) is 9.30. The van der Waals surface area contributed by atoms with Gasteiger partial charge in [-0.3, -0.25) is 4.79 Å². The van der Waals surface area contributed by atoms with Crippen LogP contribution in [0.4, 0.5) is 0 Å². The fourth-order valence-corrected chi connectivity index (χ4v) is 2.89. The summed E-state index contributed by atoms with van der Waals surface area (Å²) >= 11 is 0. The molecule has 0 aromatic rings. The van der Waals surface area contributed by atoms with Gasteiger partial charge >= 0.3 is 0 Å². The second-order valence-corrected chi connectivity index (χ2v) is 7.44. The molecule has 0 aromatic heterocycles. The van der Waals surface area contributed by atoms with E-state index in [1.165, 1.54) is 13.8 Å². The summed E-state index contributed by atoms with van der Waals surface area (Å²) in [7, 11) is 0. The van der Waals surface area contributed by atoms with E-state index < -0.39 is 29.9 Å². The average molecular weight is 395 g/mol. The SMILES string of the molecule is C/C=C(\C)C(O)C(C)/C=C/C=C/CCC(O)CC1=C(C)C(=O)C(O)(C(C)O)O1. The number of allylic oxidation sites excluding steroid dienone is 4. The number of aliphatic hydroxyl groups is 4. The van der Waals surface area contributed by atoms with Crippen molar-refractivity contribution in [2.24, 2.45) is 5.92 Å². The molecule has 6 heteroatoms. The highest BCUT2D eigenvalue weighted by molar-refractivity contribution is 6.03. The van der Waals surface area contributed by atoms with Gasteiger partial charge in [-0.2, -0.15) is 0 Å². The van der Waals surface area contributed by atoms with Gasteiger partial charge in [-0.15, -0.1) is 0 Å². The Balaban J connectivity index is 2.46. The van der Waals surface area contributed by atoms with Crippen molar-refractivity contribution in [1.29, 1.82) is 0 Å². The molecule has 0 spiro atoms. The zero-order chi connectivity index (χ0) is 21.5. The van der Waals surface area contributed by atoms with Crippen LogP contribution in [0.25, 0.3) is 0 Å². The summed E-state index contributed by atoms with van der Waals surface area (Å²) < 4.78 is 5.25. The summed E-state index contributed by atoms with van der Waals surface area (Å²) in [5.41, 5.74) is 1.16. The maximum absolute atomic E-state index is 12.0. The van der Waals surface area contributed by atoms with E-state index in [0.717, 1.165) is 5.57 Å². The van der Waals surface area contributed by atoms with E-state index >= 15 is 0 Å². The molecule has 4 N–H and O–H groups in total. The summed E-state index contributed by atoms with van der Waals surface area (Å²) in [6, 6.07) is 0. The molecule has 28 heavy (non-hydrogen) atoms. The molecular weight excluding hydrogens is 360 g/mol. The molecule has 0 bridgehead atoms. The summed E-state index contributed by atoms with van der Waals surface area (Å²) in [4.78, 5) is 12.0. The number of hydrogen-bond acceptors (Lipinski definition) is 6. The first-order chi connectivity index (χ1) is 13.0. The lowest BCUT2D eigenvalue weighted by Crippen LogP contribution is -2.47. The van der Waals surface area contributed by atoms with Crippen molar-refractivity contribution < 1.29 is 30.0 Å². The lowest BCUT2D eigenvalue weighted by atomic mass is 9.98. The van der Waals surface area contributed by atoms with Crippen molar-refractivity contribution in [2.45, 2.75) is 78.0 Å². The maximum Gasteiger partial charge on any atom is 0.298 e. The number of hydrogen-bond donors (Lipinski definition) is 4. The van der Waals surface area contributed by atoms with E-state index in [1.807, 2.05) is 51.2 Å². The zero-order valence-electron chi connectivity index (χ0n) is 17.4. The topological polar surface area (TPSA) is 107 Å². The molecule has 0 saturated heterocycles. The third kappa shape index (κ3) is 6.14. The molecule has 0 amide bonds. The Morgan fingerprint density at radius 3 is 2.39 bits per heavy atom. The Morgan fingerprint density at radius 1 is 1.21 bits per heavy atom. The molecule has 0 aliphatic carbocycles. The van der Waals surface area contributed by atoms with Gasteiger partial charge in [0.2, 0.25) is 5.78 Å². The maximum atomic E-state index is 12.0. The van der Waals surface area contributed by atoms with Gasteiger partial charge in [0.25, 0.3) is 5.79 Å². The molecule has 6 nitrogen and oxygen atoms in total. The van der Waals surface area contributed by atoms with Crippen molar-refractivity contribution in [1.82, 2.24) is 0 Å². The predicted molar refractivity (Wildman–Crippen MR) is 108 cm³/mol. The molecule has 1 rings (SSSR count). The lowest BCUT2D eigenvalue weighted by Gasteiger charge is -2.25. The molecular formula is C22H34O6. The van der Waals surface area contributed by atoms with Crippen molar-refractivity contribution in [3.05, 3.63) is 47.3 Å². The molecule has 1 heterocycles. The van der Waals surface area contributed by atoms with E-state index in [4.69, 9.17) is 4.74 Å². The Labute approximate surface area is 167 Å². The van der Waals surface area contributed by atoms with E-state index in [9.17, 15) is 25.2 Å². The third-order valence-corrected chi connectivity index (χ3v) is 5.10. The van der Waals surface area contributed by atoms with Gasteiger partial charge in [0.15, 0.2) is 0 Å². The number of Topliss-reactive ketones (excluding diaryl/α,β-unsaturated/α-hetero) is 1. The van der Waals surface area contributed by atoms with Crippen molar-refractivity contribution in [3.8, 4) is 0 Å².